The Morgan fingerprint density at radius 2 is 2.31 bits per heavy atom. The van der Waals surface area contributed by atoms with Crippen molar-refractivity contribution in [2.75, 3.05) is 11.4 Å². The average Bonchev–Trinajstić information content (AvgIpc) is 2.71. The van der Waals surface area contributed by atoms with Crippen LogP contribution < -0.4 is 4.90 Å². The highest BCUT2D eigenvalue weighted by Crippen LogP contribution is 2.31. The van der Waals surface area contributed by atoms with Crippen molar-refractivity contribution in [1.82, 2.24) is 4.98 Å². The van der Waals surface area contributed by atoms with Gasteiger partial charge < -0.3 is 4.90 Å². The molecule has 0 aromatic carbocycles. The maximum Gasteiger partial charge on any atom is 0.186 e. The lowest BCUT2D eigenvalue weighted by Crippen LogP contribution is -2.42. The van der Waals surface area contributed by atoms with E-state index in [2.05, 4.69) is 23.7 Å². The molecule has 88 valence electrons. The number of carbonyl (C=O) groups excluding carboxylic acids is 1. The minimum Gasteiger partial charge on any atom is -0.345 e. The summed E-state index contributed by atoms with van der Waals surface area (Å²) in [6, 6.07) is 0.528. The van der Waals surface area contributed by atoms with Gasteiger partial charge in [-0.05, 0) is 25.7 Å². The van der Waals surface area contributed by atoms with E-state index in [4.69, 9.17) is 0 Å². The number of anilines is 1. The molecule has 1 saturated heterocycles. The van der Waals surface area contributed by atoms with E-state index in [1.807, 2.05) is 0 Å². The molecule has 0 bridgehead atoms. The van der Waals surface area contributed by atoms with E-state index in [9.17, 15) is 4.79 Å². The van der Waals surface area contributed by atoms with E-state index < -0.39 is 0 Å². The summed E-state index contributed by atoms with van der Waals surface area (Å²) >= 11 is 1.52. The van der Waals surface area contributed by atoms with Crippen molar-refractivity contribution >= 4 is 22.3 Å². The SMILES string of the molecule is CC(=O)c1cnc(N2CCCC(C)C2C)s1. The highest BCUT2D eigenvalue weighted by Gasteiger charge is 2.26. The zero-order valence-corrected chi connectivity index (χ0v) is 10.9. The highest BCUT2D eigenvalue weighted by molar-refractivity contribution is 7.17. The first kappa shape index (κ1) is 11.6. The van der Waals surface area contributed by atoms with Crippen LogP contribution in [-0.2, 0) is 0 Å². The van der Waals surface area contributed by atoms with Gasteiger partial charge in [-0.1, -0.05) is 18.3 Å². The molecular weight excluding hydrogens is 220 g/mol. The minimum atomic E-state index is 0.112. The van der Waals surface area contributed by atoms with Crippen LogP contribution in [0.15, 0.2) is 6.20 Å². The third-order valence-corrected chi connectivity index (χ3v) is 4.60. The molecule has 2 heterocycles. The molecule has 1 fully saturated rings. The van der Waals surface area contributed by atoms with Crippen LogP contribution in [0.3, 0.4) is 0 Å². The normalized spacial score (nSPS) is 25.8. The Labute approximate surface area is 100 Å². The second kappa shape index (κ2) is 4.53. The second-order valence-electron chi connectivity index (χ2n) is 4.62. The maximum atomic E-state index is 11.2. The lowest BCUT2D eigenvalue weighted by Gasteiger charge is -2.37. The topological polar surface area (TPSA) is 33.2 Å². The van der Waals surface area contributed by atoms with Crippen molar-refractivity contribution in [3.8, 4) is 0 Å². The van der Waals surface area contributed by atoms with Crippen molar-refractivity contribution in [1.29, 1.82) is 0 Å². The lowest BCUT2D eigenvalue weighted by atomic mass is 9.93. The molecule has 2 unspecified atom stereocenters. The number of aromatic nitrogens is 1. The third-order valence-electron chi connectivity index (χ3n) is 3.46. The fraction of sp³-hybridized carbons (Fsp3) is 0.667. The summed E-state index contributed by atoms with van der Waals surface area (Å²) < 4.78 is 0. The molecule has 1 aromatic rings. The molecule has 3 nitrogen and oxygen atoms in total. The van der Waals surface area contributed by atoms with Gasteiger partial charge in [-0.3, -0.25) is 4.79 Å². The van der Waals surface area contributed by atoms with Gasteiger partial charge in [0, 0.05) is 19.5 Å². The Balaban J connectivity index is 2.19. The van der Waals surface area contributed by atoms with Gasteiger partial charge in [-0.15, -0.1) is 0 Å². The molecule has 0 radical (unpaired) electrons. The van der Waals surface area contributed by atoms with Crippen LogP contribution in [0, 0.1) is 5.92 Å². The number of carbonyl (C=O) groups is 1. The smallest absolute Gasteiger partial charge is 0.186 e. The first-order valence-electron chi connectivity index (χ1n) is 5.83. The van der Waals surface area contributed by atoms with Crippen molar-refractivity contribution in [2.45, 2.75) is 39.7 Å². The Bertz CT molecular complexity index is 388. The van der Waals surface area contributed by atoms with Gasteiger partial charge in [0.15, 0.2) is 10.9 Å². The number of nitrogens with zero attached hydrogens (tertiary/aromatic N) is 2. The molecule has 1 aromatic heterocycles. The van der Waals surface area contributed by atoms with Gasteiger partial charge in [0.25, 0.3) is 0 Å². The highest BCUT2D eigenvalue weighted by atomic mass is 32.1. The van der Waals surface area contributed by atoms with Crippen molar-refractivity contribution < 1.29 is 4.79 Å². The summed E-state index contributed by atoms with van der Waals surface area (Å²) in [6.07, 6.45) is 4.22. The second-order valence-corrected chi connectivity index (χ2v) is 5.63. The van der Waals surface area contributed by atoms with Crippen LogP contribution in [0.4, 0.5) is 5.13 Å². The van der Waals surface area contributed by atoms with Gasteiger partial charge in [-0.25, -0.2) is 4.98 Å². The van der Waals surface area contributed by atoms with Crippen molar-refractivity contribution in [2.24, 2.45) is 5.92 Å². The monoisotopic (exact) mass is 238 g/mol. The van der Waals surface area contributed by atoms with Crippen LogP contribution >= 0.6 is 11.3 Å². The molecule has 4 heteroatoms. The Kier molecular flexibility index (Phi) is 3.28. The largest absolute Gasteiger partial charge is 0.345 e. The van der Waals surface area contributed by atoms with E-state index in [0.717, 1.165) is 16.6 Å². The minimum absolute atomic E-state index is 0.112. The van der Waals surface area contributed by atoms with E-state index in [0.29, 0.717) is 12.0 Å². The van der Waals surface area contributed by atoms with Gasteiger partial charge in [0.1, 0.15) is 0 Å². The number of Topliss-reactive ketones (excluding diaryl/α,β-unsaturated/α-hetero) is 1. The van der Waals surface area contributed by atoms with E-state index >= 15 is 0 Å². The molecule has 1 aliphatic heterocycles. The molecule has 0 aliphatic carbocycles. The van der Waals surface area contributed by atoms with E-state index in [1.54, 1.807) is 13.1 Å². The van der Waals surface area contributed by atoms with Crippen LogP contribution in [0.2, 0.25) is 0 Å². The lowest BCUT2D eigenvalue weighted by molar-refractivity contribution is 0.102. The van der Waals surface area contributed by atoms with Crippen LogP contribution in [0.1, 0.15) is 43.3 Å². The van der Waals surface area contributed by atoms with Crippen LogP contribution in [0.25, 0.3) is 0 Å². The number of piperidine rings is 1. The molecule has 1 aliphatic rings. The van der Waals surface area contributed by atoms with E-state index in [1.165, 1.54) is 24.2 Å². The van der Waals surface area contributed by atoms with Crippen LogP contribution in [0.5, 0.6) is 0 Å². The molecule has 2 atom stereocenters. The number of hydrogen-bond acceptors (Lipinski definition) is 4. The third kappa shape index (κ3) is 2.12. The number of hydrogen-bond donors (Lipinski definition) is 0. The number of ketones is 1. The van der Waals surface area contributed by atoms with E-state index in [-0.39, 0.29) is 5.78 Å². The first-order valence-corrected chi connectivity index (χ1v) is 6.64. The summed E-state index contributed by atoms with van der Waals surface area (Å²) in [7, 11) is 0. The summed E-state index contributed by atoms with van der Waals surface area (Å²) in [4.78, 5) is 18.7. The molecule has 16 heavy (non-hydrogen) atoms. The molecular formula is C12H18N2OS. The zero-order chi connectivity index (χ0) is 11.7. The number of rotatable bonds is 2. The molecule has 0 saturated carbocycles. The maximum absolute atomic E-state index is 11.2. The molecule has 2 rings (SSSR count). The molecule has 0 amide bonds. The average molecular weight is 238 g/mol. The summed E-state index contributed by atoms with van der Waals surface area (Å²) in [5.41, 5.74) is 0. The summed E-state index contributed by atoms with van der Waals surface area (Å²) in [5.74, 6) is 0.819. The van der Waals surface area contributed by atoms with Gasteiger partial charge >= 0.3 is 0 Å². The fourth-order valence-electron chi connectivity index (χ4n) is 2.17. The Morgan fingerprint density at radius 3 is 2.94 bits per heavy atom. The van der Waals surface area contributed by atoms with Crippen molar-refractivity contribution in [3.63, 3.8) is 0 Å². The van der Waals surface area contributed by atoms with Gasteiger partial charge in [-0.2, -0.15) is 0 Å². The fourth-order valence-corrected chi connectivity index (χ4v) is 3.09. The van der Waals surface area contributed by atoms with Crippen LogP contribution in [-0.4, -0.2) is 23.4 Å². The quantitative estimate of drug-likeness (QED) is 0.743. The molecule has 0 spiro atoms. The standard InChI is InChI=1S/C12H18N2OS/c1-8-5-4-6-14(9(8)2)12-13-7-11(16-12)10(3)15/h7-9H,4-6H2,1-3H3. The number of thiazole rings is 1. The summed E-state index contributed by atoms with van der Waals surface area (Å²) in [5, 5.41) is 1.00. The predicted molar refractivity (Wildman–Crippen MR) is 67.3 cm³/mol. The Hall–Kier alpha value is -0.900. The zero-order valence-electron chi connectivity index (χ0n) is 10.1. The summed E-state index contributed by atoms with van der Waals surface area (Å²) in [6.45, 7) is 7.20. The molecule has 0 N–H and O–H groups in total. The predicted octanol–water partition coefficient (Wildman–Crippen LogP) is 2.97. The van der Waals surface area contributed by atoms with Gasteiger partial charge in [0.05, 0.1) is 11.1 Å². The Morgan fingerprint density at radius 1 is 1.56 bits per heavy atom. The van der Waals surface area contributed by atoms with Gasteiger partial charge in [0.2, 0.25) is 0 Å². The van der Waals surface area contributed by atoms with Crippen molar-refractivity contribution in [3.05, 3.63) is 11.1 Å². The first-order chi connectivity index (χ1) is 7.59.